The molecule has 12 heavy (non-hydrogen) atoms. The van der Waals surface area contributed by atoms with Crippen LogP contribution in [0.4, 0.5) is 4.39 Å². The highest BCUT2D eigenvalue weighted by molar-refractivity contribution is 5.79. The number of aromatic hydroxyl groups is 1. The van der Waals surface area contributed by atoms with Crippen LogP contribution in [0.2, 0.25) is 0 Å². The predicted molar refractivity (Wildman–Crippen MR) is 42.8 cm³/mol. The van der Waals surface area contributed by atoms with E-state index in [1.54, 1.807) is 6.92 Å². The van der Waals surface area contributed by atoms with Crippen molar-refractivity contribution < 1.29 is 14.3 Å². The highest BCUT2D eigenvalue weighted by Crippen LogP contribution is 2.20. The number of carbonyl (C=O) groups excluding carboxylic acids is 1. The van der Waals surface area contributed by atoms with Gasteiger partial charge in [-0.05, 0) is 24.1 Å². The van der Waals surface area contributed by atoms with Gasteiger partial charge in [0, 0.05) is 0 Å². The molecule has 64 valence electrons. The van der Waals surface area contributed by atoms with Crippen LogP contribution in [0.1, 0.15) is 22.8 Å². The fourth-order valence-corrected chi connectivity index (χ4v) is 0.986. The molecule has 0 radical (unpaired) electrons. The monoisotopic (exact) mass is 168 g/mol. The molecule has 0 saturated heterocycles. The minimum atomic E-state index is -0.447. The molecular formula is C9H9FO2. The first kappa shape index (κ1) is 8.71. The summed E-state index contributed by atoms with van der Waals surface area (Å²) in [6.45, 7) is 1.78. The van der Waals surface area contributed by atoms with Crippen molar-refractivity contribution in [3.05, 3.63) is 29.1 Å². The van der Waals surface area contributed by atoms with Crippen molar-refractivity contribution in [3.63, 3.8) is 0 Å². The Morgan fingerprint density at radius 2 is 2.25 bits per heavy atom. The molecule has 0 aromatic heterocycles. The zero-order valence-corrected chi connectivity index (χ0v) is 6.67. The standard InChI is InChI=1S/C9H9FO2/c1-2-6-4-9(12)7(5-11)3-8(6)10/h3-5,12H,2H2,1H3. The Bertz CT molecular complexity index is 308. The number of aryl methyl sites for hydroxylation is 1. The molecule has 2 nitrogen and oxygen atoms in total. The second kappa shape index (κ2) is 3.34. The Hall–Kier alpha value is -1.38. The van der Waals surface area contributed by atoms with Crippen molar-refractivity contribution in [1.29, 1.82) is 0 Å². The van der Waals surface area contributed by atoms with Gasteiger partial charge in [-0.1, -0.05) is 6.92 Å². The molecule has 0 bridgehead atoms. The molecule has 0 spiro atoms. The highest BCUT2D eigenvalue weighted by Gasteiger charge is 2.06. The molecule has 0 heterocycles. The first-order chi connectivity index (χ1) is 5.69. The fourth-order valence-electron chi connectivity index (χ4n) is 0.986. The Morgan fingerprint density at radius 3 is 2.75 bits per heavy atom. The van der Waals surface area contributed by atoms with Gasteiger partial charge in [0.05, 0.1) is 5.56 Å². The number of hydrogen-bond donors (Lipinski definition) is 1. The molecule has 0 aliphatic carbocycles. The number of benzene rings is 1. The molecular weight excluding hydrogens is 159 g/mol. The van der Waals surface area contributed by atoms with E-state index in [-0.39, 0.29) is 11.3 Å². The Labute approximate surface area is 69.6 Å². The number of halogens is 1. The molecule has 0 aliphatic rings. The highest BCUT2D eigenvalue weighted by atomic mass is 19.1. The number of phenolic OH excluding ortho intramolecular Hbond substituents is 1. The van der Waals surface area contributed by atoms with Crippen LogP contribution < -0.4 is 0 Å². The molecule has 1 aromatic carbocycles. The van der Waals surface area contributed by atoms with E-state index in [0.717, 1.165) is 6.07 Å². The molecule has 1 N–H and O–H groups in total. The maximum absolute atomic E-state index is 12.9. The molecule has 0 amide bonds. The maximum Gasteiger partial charge on any atom is 0.153 e. The summed E-state index contributed by atoms with van der Waals surface area (Å²) in [4.78, 5) is 10.3. The van der Waals surface area contributed by atoms with Gasteiger partial charge in [-0.25, -0.2) is 4.39 Å². The largest absolute Gasteiger partial charge is 0.507 e. The molecule has 1 aromatic rings. The lowest BCUT2D eigenvalue weighted by Gasteiger charge is -2.02. The van der Waals surface area contributed by atoms with Gasteiger partial charge in [0.2, 0.25) is 0 Å². The summed E-state index contributed by atoms with van der Waals surface area (Å²) in [6.07, 6.45) is 0.927. The van der Waals surface area contributed by atoms with Gasteiger partial charge in [0.1, 0.15) is 11.6 Å². The van der Waals surface area contributed by atoms with E-state index < -0.39 is 5.82 Å². The summed E-state index contributed by atoms with van der Waals surface area (Å²) in [5.74, 6) is -0.611. The number of hydrogen-bond acceptors (Lipinski definition) is 2. The van der Waals surface area contributed by atoms with Crippen LogP contribution in [0.3, 0.4) is 0 Å². The molecule has 0 fully saturated rings. The zero-order valence-electron chi connectivity index (χ0n) is 6.67. The average Bonchev–Trinajstić information content (AvgIpc) is 2.08. The third-order valence-corrected chi connectivity index (χ3v) is 1.70. The van der Waals surface area contributed by atoms with Gasteiger partial charge in [0.25, 0.3) is 0 Å². The SMILES string of the molecule is CCc1cc(O)c(C=O)cc1F. The Morgan fingerprint density at radius 1 is 1.58 bits per heavy atom. The van der Waals surface area contributed by atoms with E-state index >= 15 is 0 Å². The summed E-state index contributed by atoms with van der Waals surface area (Å²) in [5, 5.41) is 9.15. The number of phenols is 1. The number of carbonyl (C=O) groups is 1. The summed E-state index contributed by atoms with van der Waals surface area (Å²) < 4.78 is 12.9. The van der Waals surface area contributed by atoms with Crippen LogP contribution in [0, 0.1) is 5.82 Å². The summed E-state index contributed by atoms with van der Waals surface area (Å²) >= 11 is 0. The van der Waals surface area contributed by atoms with Crippen LogP contribution in [0.15, 0.2) is 12.1 Å². The van der Waals surface area contributed by atoms with Crippen LogP contribution in [0.25, 0.3) is 0 Å². The van der Waals surface area contributed by atoms with E-state index in [1.807, 2.05) is 0 Å². The van der Waals surface area contributed by atoms with Crippen molar-refractivity contribution in [1.82, 2.24) is 0 Å². The van der Waals surface area contributed by atoms with Gasteiger partial charge < -0.3 is 5.11 Å². The molecule has 3 heteroatoms. The van der Waals surface area contributed by atoms with Crippen LogP contribution in [-0.4, -0.2) is 11.4 Å². The first-order valence-electron chi connectivity index (χ1n) is 3.65. The van der Waals surface area contributed by atoms with Crippen molar-refractivity contribution in [2.24, 2.45) is 0 Å². The third-order valence-electron chi connectivity index (χ3n) is 1.70. The lowest BCUT2D eigenvalue weighted by molar-refractivity contribution is 0.112. The topological polar surface area (TPSA) is 37.3 Å². The van der Waals surface area contributed by atoms with E-state index in [4.69, 9.17) is 5.11 Å². The fraction of sp³-hybridized carbons (Fsp3) is 0.222. The van der Waals surface area contributed by atoms with E-state index in [9.17, 15) is 9.18 Å². The second-order valence-electron chi connectivity index (χ2n) is 2.47. The van der Waals surface area contributed by atoms with Crippen molar-refractivity contribution in [2.75, 3.05) is 0 Å². The Balaban J connectivity index is 3.25. The number of rotatable bonds is 2. The average molecular weight is 168 g/mol. The maximum atomic E-state index is 12.9. The molecule has 0 saturated carbocycles. The molecule has 0 atom stereocenters. The minimum Gasteiger partial charge on any atom is -0.507 e. The lowest BCUT2D eigenvalue weighted by atomic mass is 10.1. The van der Waals surface area contributed by atoms with Crippen LogP contribution in [0.5, 0.6) is 5.75 Å². The van der Waals surface area contributed by atoms with Crippen molar-refractivity contribution >= 4 is 6.29 Å². The first-order valence-corrected chi connectivity index (χ1v) is 3.65. The molecule has 0 unspecified atom stereocenters. The predicted octanol–water partition coefficient (Wildman–Crippen LogP) is 1.91. The van der Waals surface area contributed by atoms with E-state index in [2.05, 4.69) is 0 Å². The van der Waals surface area contributed by atoms with Gasteiger partial charge in [-0.3, -0.25) is 4.79 Å². The quantitative estimate of drug-likeness (QED) is 0.685. The van der Waals surface area contributed by atoms with Gasteiger partial charge in [-0.2, -0.15) is 0 Å². The normalized spacial score (nSPS) is 9.83. The summed E-state index contributed by atoms with van der Waals surface area (Å²) in [6, 6.07) is 2.32. The van der Waals surface area contributed by atoms with Gasteiger partial charge in [-0.15, -0.1) is 0 Å². The van der Waals surface area contributed by atoms with Crippen LogP contribution >= 0.6 is 0 Å². The second-order valence-corrected chi connectivity index (χ2v) is 2.47. The minimum absolute atomic E-state index is 0.00954. The van der Waals surface area contributed by atoms with Gasteiger partial charge >= 0.3 is 0 Å². The van der Waals surface area contributed by atoms with Crippen molar-refractivity contribution in [2.45, 2.75) is 13.3 Å². The smallest absolute Gasteiger partial charge is 0.153 e. The third kappa shape index (κ3) is 1.44. The Kier molecular flexibility index (Phi) is 2.43. The van der Waals surface area contributed by atoms with Crippen LogP contribution in [-0.2, 0) is 6.42 Å². The van der Waals surface area contributed by atoms with Crippen molar-refractivity contribution in [3.8, 4) is 5.75 Å². The number of aldehydes is 1. The lowest BCUT2D eigenvalue weighted by Crippen LogP contribution is -1.91. The summed E-state index contributed by atoms with van der Waals surface area (Å²) in [5.41, 5.74) is 0.405. The molecule has 0 aliphatic heterocycles. The van der Waals surface area contributed by atoms with Gasteiger partial charge in [0.15, 0.2) is 6.29 Å². The van der Waals surface area contributed by atoms with E-state index in [0.29, 0.717) is 18.3 Å². The molecule has 1 rings (SSSR count). The van der Waals surface area contributed by atoms with E-state index in [1.165, 1.54) is 6.07 Å². The summed E-state index contributed by atoms with van der Waals surface area (Å²) in [7, 11) is 0. The zero-order chi connectivity index (χ0) is 9.14.